The van der Waals surface area contributed by atoms with Gasteiger partial charge in [-0.25, -0.2) is 12.8 Å². The van der Waals surface area contributed by atoms with E-state index < -0.39 is 27.8 Å². The van der Waals surface area contributed by atoms with E-state index in [4.69, 9.17) is 32.7 Å². The summed E-state index contributed by atoms with van der Waals surface area (Å²) >= 11 is 12.4. The van der Waals surface area contributed by atoms with Crippen molar-refractivity contribution in [2.24, 2.45) is 5.92 Å². The van der Waals surface area contributed by atoms with Crippen molar-refractivity contribution >= 4 is 44.8 Å². The molecule has 3 aromatic rings. The van der Waals surface area contributed by atoms with E-state index >= 15 is 0 Å². The quantitative estimate of drug-likeness (QED) is 0.248. The van der Waals surface area contributed by atoms with Crippen molar-refractivity contribution in [3.63, 3.8) is 0 Å². The summed E-state index contributed by atoms with van der Waals surface area (Å²) in [5, 5.41) is 11.2. The van der Waals surface area contributed by atoms with Gasteiger partial charge >= 0.3 is 0 Å². The molecular weight excluding hydrogens is 680 g/mol. The molecule has 1 heterocycles. The molecule has 13 heteroatoms. The Kier molecular flexibility index (Phi) is 13.5. The fraction of sp³-hybridized carbons (Fsp3) is 0.457. The molecule has 2 N–H and O–H groups in total. The molecule has 0 bridgehead atoms. The number of aliphatic hydroxyl groups excluding tert-OH is 1. The minimum atomic E-state index is -4.08. The number of rotatable bonds is 9. The van der Waals surface area contributed by atoms with E-state index in [0.717, 1.165) is 30.5 Å². The number of aliphatic hydroxyl groups is 1. The standard InChI is InChI=1S/C35H44Cl2FN3O6S/c1-23-19-41(24(2)22-42)35(43)30-18-28(39-48(44,45)29-12-9-27(38)10-13-29)11-15-33(30)47-25(3)7-5-6-16-46-34(23)21-40(4)20-26-8-14-31(36)32(37)17-26/h8-15,17-18,23-25,34,39,42H,5-7,16,19-22H2,1-4H3/t23-,24-,25+,34+/m0/s1. The first-order valence-electron chi connectivity index (χ1n) is 16.0. The van der Waals surface area contributed by atoms with E-state index in [9.17, 15) is 22.7 Å². The van der Waals surface area contributed by atoms with Gasteiger partial charge in [0.2, 0.25) is 0 Å². The molecule has 1 amide bonds. The van der Waals surface area contributed by atoms with E-state index in [0.29, 0.717) is 41.9 Å². The number of anilines is 1. The molecule has 0 unspecified atom stereocenters. The van der Waals surface area contributed by atoms with Crippen LogP contribution in [-0.2, 0) is 21.3 Å². The Bertz CT molecular complexity index is 1650. The Labute approximate surface area is 293 Å². The number of fused-ring (bicyclic) bond motifs is 1. The SMILES string of the molecule is C[C@@H]1CCCCO[C@H](CN(C)Cc2ccc(Cl)c(Cl)c2)[C@@H](C)CN([C@@H](C)CO)C(=O)c2cc(NS(=O)(=O)c3ccc(F)cc3)ccc2O1. The van der Waals surface area contributed by atoms with Crippen LogP contribution in [0.25, 0.3) is 0 Å². The number of nitrogens with one attached hydrogen (secondary N) is 1. The van der Waals surface area contributed by atoms with Gasteiger partial charge in [0.1, 0.15) is 11.6 Å². The molecule has 0 spiro atoms. The van der Waals surface area contributed by atoms with Crippen LogP contribution >= 0.6 is 23.2 Å². The van der Waals surface area contributed by atoms with Crippen molar-refractivity contribution in [1.82, 2.24) is 9.80 Å². The highest BCUT2D eigenvalue weighted by Gasteiger charge is 2.31. The van der Waals surface area contributed by atoms with Gasteiger partial charge in [-0.05, 0) is 100 Å². The highest BCUT2D eigenvalue weighted by molar-refractivity contribution is 7.92. The van der Waals surface area contributed by atoms with Crippen LogP contribution in [0.2, 0.25) is 10.0 Å². The van der Waals surface area contributed by atoms with Gasteiger partial charge in [-0.3, -0.25) is 14.4 Å². The maximum Gasteiger partial charge on any atom is 0.261 e. The van der Waals surface area contributed by atoms with E-state index in [2.05, 4.69) is 9.62 Å². The third kappa shape index (κ3) is 10.3. The monoisotopic (exact) mass is 723 g/mol. The molecule has 48 heavy (non-hydrogen) atoms. The molecule has 0 aliphatic carbocycles. The van der Waals surface area contributed by atoms with Crippen molar-refractivity contribution in [2.75, 3.05) is 38.1 Å². The zero-order chi connectivity index (χ0) is 35.0. The van der Waals surface area contributed by atoms with Crippen molar-refractivity contribution < 1.29 is 32.2 Å². The van der Waals surface area contributed by atoms with E-state index in [-0.39, 0.29) is 47.4 Å². The lowest BCUT2D eigenvalue weighted by atomic mass is 10.0. The van der Waals surface area contributed by atoms with Crippen molar-refractivity contribution in [1.29, 1.82) is 0 Å². The smallest absolute Gasteiger partial charge is 0.261 e. The molecule has 4 rings (SSSR count). The topological polar surface area (TPSA) is 108 Å². The molecule has 9 nitrogen and oxygen atoms in total. The summed E-state index contributed by atoms with van der Waals surface area (Å²) in [7, 11) is -2.09. The normalized spacial score (nSPS) is 20.5. The molecule has 4 atom stereocenters. The number of nitrogens with zero attached hydrogens (tertiary/aromatic N) is 2. The van der Waals surface area contributed by atoms with Crippen molar-refractivity contribution in [3.8, 4) is 5.75 Å². The Balaban J connectivity index is 1.63. The minimum absolute atomic E-state index is 0.125. The highest BCUT2D eigenvalue weighted by atomic mass is 35.5. The molecule has 1 aliphatic heterocycles. The van der Waals surface area contributed by atoms with Crippen LogP contribution in [0.15, 0.2) is 65.6 Å². The van der Waals surface area contributed by atoms with Crippen molar-refractivity contribution in [2.45, 2.75) is 69.7 Å². The van der Waals surface area contributed by atoms with Gasteiger partial charge in [0, 0.05) is 37.8 Å². The summed E-state index contributed by atoms with van der Waals surface area (Å²) in [6, 6.07) is 14.0. The number of likely N-dealkylation sites (N-methyl/N-ethyl adjacent to an activating group) is 1. The summed E-state index contributed by atoms with van der Waals surface area (Å²) in [6.45, 7) is 7.38. The lowest BCUT2D eigenvalue weighted by Gasteiger charge is -2.36. The first-order valence-corrected chi connectivity index (χ1v) is 18.3. The van der Waals surface area contributed by atoms with Crippen LogP contribution in [-0.4, -0.2) is 80.8 Å². The minimum Gasteiger partial charge on any atom is -0.490 e. The molecule has 0 saturated carbocycles. The third-order valence-corrected chi connectivity index (χ3v) is 10.5. The Morgan fingerprint density at radius 3 is 2.48 bits per heavy atom. The predicted molar refractivity (Wildman–Crippen MR) is 187 cm³/mol. The maximum absolute atomic E-state index is 14.4. The second kappa shape index (κ2) is 17.1. The number of hydrogen-bond acceptors (Lipinski definition) is 7. The number of benzene rings is 3. The van der Waals surface area contributed by atoms with E-state index in [1.807, 2.05) is 33.0 Å². The highest BCUT2D eigenvalue weighted by Crippen LogP contribution is 2.30. The van der Waals surface area contributed by atoms with Gasteiger partial charge in [0.05, 0.1) is 45.4 Å². The largest absolute Gasteiger partial charge is 0.490 e. The number of hydrogen-bond donors (Lipinski definition) is 2. The summed E-state index contributed by atoms with van der Waals surface area (Å²) in [4.78, 5) is 17.9. The molecule has 0 aromatic heterocycles. The second-order valence-electron chi connectivity index (χ2n) is 12.5. The van der Waals surface area contributed by atoms with Gasteiger partial charge in [0.25, 0.3) is 15.9 Å². The predicted octanol–water partition coefficient (Wildman–Crippen LogP) is 6.86. The first kappa shape index (κ1) is 37.9. The molecule has 0 saturated heterocycles. The fourth-order valence-electron chi connectivity index (χ4n) is 5.60. The van der Waals surface area contributed by atoms with E-state index in [1.54, 1.807) is 24.0 Å². The lowest BCUT2D eigenvalue weighted by Crippen LogP contribution is -2.47. The van der Waals surface area contributed by atoms with Gasteiger partial charge in [-0.2, -0.15) is 0 Å². The maximum atomic E-state index is 14.4. The van der Waals surface area contributed by atoms with Gasteiger partial charge in [-0.15, -0.1) is 0 Å². The summed E-state index contributed by atoms with van der Waals surface area (Å²) in [5.41, 5.74) is 1.29. The van der Waals surface area contributed by atoms with E-state index in [1.165, 1.54) is 24.3 Å². The molecule has 0 fully saturated rings. The van der Waals surface area contributed by atoms with Gasteiger partial charge < -0.3 is 19.5 Å². The lowest BCUT2D eigenvalue weighted by molar-refractivity contribution is -0.0177. The third-order valence-electron chi connectivity index (χ3n) is 8.36. The van der Waals surface area contributed by atoms with Crippen LogP contribution in [0.3, 0.4) is 0 Å². The Morgan fingerprint density at radius 1 is 1.06 bits per heavy atom. The second-order valence-corrected chi connectivity index (χ2v) is 15.0. The number of sulfonamides is 1. The molecule has 0 radical (unpaired) electrons. The van der Waals surface area contributed by atoms with Crippen LogP contribution in [0.4, 0.5) is 10.1 Å². The number of carbonyl (C=O) groups is 1. The van der Waals surface area contributed by atoms with Crippen LogP contribution in [0.5, 0.6) is 5.75 Å². The zero-order valence-electron chi connectivity index (χ0n) is 27.7. The van der Waals surface area contributed by atoms with Gasteiger partial charge in [-0.1, -0.05) is 36.2 Å². The zero-order valence-corrected chi connectivity index (χ0v) is 30.0. The summed E-state index contributed by atoms with van der Waals surface area (Å²) in [6.07, 6.45) is 1.89. The Hall–Kier alpha value is -2.93. The van der Waals surface area contributed by atoms with Crippen LogP contribution < -0.4 is 9.46 Å². The first-order chi connectivity index (χ1) is 22.8. The molecule has 1 aliphatic rings. The Morgan fingerprint density at radius 2 is 1.79 bits per heavy atom. The number of ether oxygens (including phenoxy) is 2. The number of carbonyl (C=O) groups excluding carboxylic acids is 1. The number of amides is 1. The average Bonchev–Trinajstić information content (AvgIpc) is 3.04. The molecule has 262 valence electrons. The van der Waals surface area contributed by atoms with Gasteiger partial charge in [0.15, 0.2) is 0 Å². The van der Waals surface area contributed by atoms with Crippen molar-refractivity contribution in [3.05, 3.63) is 87.7 Å². The van der Waals surface area contributed by atoms with Crippen LogP contribution in [0.1, 0.15) is 56.0 Å². The number of halogens is 3. The summed E-state index contributed by atoms with van der Waals surface area (Å²) in [5.74, 6) is -0.819. The molecular formula is C35H44Cl2FN3O6S. The summed E-state index contributed by atoms with van der Waals surface area (Å²) < 4.78 is 54.8. The average molecular weight is 725 g/mol. The fourth-order valence-corrected chi connectivity index (χ4v) is 6.97. The molecule has 3 aromatic carbocycles. The van der Waals surface area contributed by atoms with Crippen LogP contribution in [0, 0.1) is 11.7 Å².